The minimum atomic E-state index is -0.584. The van der Waals surface area contributed by atoms with Gasteiger partial charge in [0.05, 0.1) is 6.20 Å². The minimum absolute atomic E-state index is 0.0428. The number of amides is 2. The average Bonchev–Trinajstić information content (AvgIpc) is 3.39. The van der Waals surface area contributed by atoms with Gasteiger partial charge in [0.2, 0.25) is 11.8 Å². The van der Waals surface area contributed by atoms with Gasteiger partial charge in [-0.15, -0.1) is 0 Å². The molecule has 2 aromatic rings. The van der Waals surface area contributed by atoms with Crippen molar-refractivity contribution in [2.45, 2.75) is 70.5 Å². The molecule has 1 aliphatic carbocycles. The normalized spacial score (nSPS) is 20.3. The molecule has 0 aromatic carbocycles. The first kappa shape index (κ1) is 24.5. The second-order valence-corrected chi connectivity index (χ2v) is 11.0. The Balaban J connectivity index is 1.49. The van der Waals surface area contributed by atoms with Crippen LogP contribution in [-0.2, 0) is 11.3 Å². The Kier molecular flexibility index (Phi) is 6.40. The number of likely N-dealkylation sites (tertiary alicyclic amines) is 2. The van der Waals surface area contributed by atoms with Gasteiger partial charge in [-0.25, -0.2) is 0 Å². The average molecular weight is 497 g/mol. The molecule has 2 aliphatic heterocycles. The summed E-state index contributed by atoms with van der Waals surface area (Å²) in [5.74, 6) is -1.000. The molecule has 1 saturated carbocycles. The number of piperidine rings is 1. The monoisotopic (exact) mass is 496 g/mol. The molecule has 36 heavy (non-hydrogen) atoms. The summed E-state index contributed by atoms with van der Waals surface area (Å²) in [6.07, 6.45) is 10.5. The molecule has 2 aromatic heterocycles. The van der Waals surface area contributed by atoms with Crippen molar-refractivity contribution < 1.29 is 14.7 Å². The van der Waals surface area contributed by atoms with Crippen LogP contribution in [0.3, 0.4) is 0 Å². The van der Waals surface area contributed by atoms with E-state index in [1.54, 1.807) is 12.2 Å². The van der Waals surface area contributed by atoms with E-state index < -0.39 is 17.3 Å². The zero-order valence-corrected chi connectivity index (χ0v) is 21.4. The maximum absolute atomic E-state index is 13.4. The highest BCUT2D eigenvalue weighted by molar-refractivity contribution is 5.97. The van der Waals surface area contributed by atoms with Crippen LogP contribution in [0.5, 0.6) is 5.88 Å². The van der Waals surface area contributed by atoms with Gasteiger partial charge in [0.25, 0.3) is 11.5 Å². The van der Waals surface area contributed by atoms with Gasteiger partial charge in [0.1, 0.15) is 5.65 Å². The molecule has 3 aliphatic rings. The van der Waals surface area contributed by atoms with Crippen LogP contribution in [0, 0.1) is 5.92 Å². The molecule has 0 unspecified atom stereocenters. The van der Waals surface area contributed by atoms with Crippen molar-refractivity contribution >= 4 is 23.5 Å². The van der Waals surface area contributed by atoms with E-state index in [-0.39, 0.29) is 29.0 Å². The third-order valence-electron chi connectivity index (χ3n) is 7.78. The Morgan fingerprint density at radius 1 is 1.22 bits per heavy atom. The van der Waals surface area contributed by atoms with Crippen LogP contribution in [0.25, 0.3) is 11.7 Å². The van der Waals surface area contributed by atoms with Gasteiger partial charge in [-0.2, -0.15) is 9.61 Å². The number of fused-ring (bicyclic) bond motifs is 1. The summed E-state index contributed by atoms with van der Waals surface area (Å²) in [4.78, 5) is 43.8. The Morgan fingerprint density at radius 2 is 1.94 bits per heavy atom. The zero-order chi connectivity index (χ0) is 25.6. The maximum Gasteiger partial charge on any atom is 0.270 e. The van der Waals surface area contributed by atoms with Crippen molar-refractivity contribution in [3.05, 3.63) is 33.8 Å². The number of hydrogen-bond acceptors (Lipinski definition) is 6. The van der Waals surface area contributed by atoms with Crippen molar-refractivity contribution in [2.75, 3.05) is 26.7 Å². The number of aromatic nitrogens is 3. The molecule has 0 radical (unpaired) electrons. The number of carbonyl (C=O) groups is 2. The van der Waals surface area contributed by atoms with Crippen molar-refractivity contribution in [3.63, 3.8) is 0 Å². The summed E-state index contributed by atoms with van der Waals surface area (Å²) < 4.78 is 2.71. The van der Waals surface area contributed by atoms with Gasteiger partial charge in [0.15, 0.2) is 5.56 Å². The summed E-state index contributed by atoms with van der Waals surface area (Å²) in [5.41, 5.74) is -0.0170. The summed E-state index contributed by atoms with van der Waals surface area (Å²) in [5, 5.41) is 17.9. The number of hydrogen-bond donors (Lipinski definition) is 2. The second kappa shape index (κ2) is 9.38. The summed E-state index contributed by atoms with van der Waals surface area (Å²) in [7, 11) is 2.12. The molecule has 0 bridgehead atoms. The highest BCUT2D eigenvalue weighted by Gasteiger charge is 2.44. The van der Waals surface area contributed by atoms with Crippen molar-refractivity contribution in [1.29, 1.82) is 0 Å². The lowest BCUT2D eigenvalue weighted by Gasteiger charge is -2.43. The molecule has 5 rings (SSSR count). The fraction of sp³-hybridized carbons (Fsp3) is 0.615. The Labute approximate surface area is 210 Å². The molecule has 3 fully saturated rings. The van der Waals surface area contributed by atoms with Gasteiger partial charge in [-0.1, -0.05) is 13.8 Å². The topological polar surface area (TPSA) is 112 Å². The van der Waals surface area contributed by atoms with E-state index in [4.69, 9.17) is 0 Å². The zero-order valence-electron chi connectivity index (χ0n) is 21.4. The van der Waals surface area contributed by atoms with E-state index in [2.05, 4.69) is 22.4 Å². The number of nitrogens with one attached hydrogen (secondary N) is 1. The van der Waals surface area contributed by atoms with Gasteiger partial charge >= 0.3 is 0 Å². The van der Waals surface area contributed by atoms with Crippen molar-refractivity contribution in [3.8, 4) is 5.88 Å². The smallest absolute Gasteiger partial charge is 0.270 e. The van der Waals surface area contributed by atoms with Crippen LogP contribution in [0.4, 0.5) is 0 Å². The quantitative estimate of drug-likeness (QED) is 0.591. The van der Waals surface area contributed by atoms with Crippen LogP contribution < -0.4 is 10.9 Å². The van der Waals surface area contributed by atoms with Crippen LogP contribution in [0.15, 0.2) is 17.1 Å². The first-order valence-electron chi connectivity index (χ1n) is 13.0. The van der Waals surface area contributed by atoms with Crippen LogP contribution in [0.2, 0.25) is 0 Å². The van der Waals surface area contributed by atoms with Gasteiger partial charge in [-0.05, 0) is 57.6 Å². The van der Waals surface area contributed by atoms with E-state index in [9.17, 15) is 19.5 Å². The lowest BCUT2D eigenvalue weighted by molar-refractivity contribution is -0.131. The van der Waals surface area contributed by atoms with Gasteiger partial charge in [0, 0.05) is 49.4 Å². The molecule has 2 saturated heterocycles. The van der Waals surface area contributed by atoms with Crippen molar-refractivity contribution in [1.82, 2.24) is 29.3 Å². The molecule has 2 amide bonds. The SMILES string of the molecule is CC(C)Cn1c(=O)c(C(=O)NC2CC2)c(O)n2ncc(C=CC(=O)N3CCCC34CCN(C)CC4)c12. The van der Waals surface area contributed by atoms with Crippen LogP contribution >= 0.6 is 0 Å². The third-order valence-corrected chi connectivity index (χ3v) is 7.78. The minimum Gasteiger partial charge on any atom is -0.492 e. The third kappa shape index (κ3) is 4.42. The largest absolute Gasteiger partial charge is 0.492 e. The van der Waals surface area contributed by atoms with Crippen molar-refractivity contribution in [2.24, 2.45) is 5.92 Å². The Bertz CT molecular complexity index is 1260. The molecule has 194 valence electrons. The predicted molar refractivity (Wildman–Crippen MR) is 136 cm³/mol. The molecular weight excluding hydrogens is 460 g/mol. The number of carbonyl (C=O) groups excluding carboxylic acids is 2. The summed E-state index contributed by atoms with van der Waals surface area (Å²) in [6, 6.07) is 0.0473. The molecule has 2 N–H and O–H groups in total. The van der Waals surface area contributed by atoms with E-state index >= 15 is 0 Å². The summed E-state index contributed by atoms with van der Waals surface area (Å²) in [6.45, 7) is 7.01. The van der Waals surface area contributed by atoms with E-state index in [0.717, 1.165) is 58.2 Å². The Hall–Kier alpha value is -3.14. The predicted octanol–water partition coefficient (Wildman–Crippen LogP) is 1.85. The first-order valence-corrected chi connectivity index (χ1v) is 13.0. The lowest BCUT2D eigenvalue weighted by atomic mass is 9.85. The van der Waals surface area contributed by atoms with Crippen LogP contribution in [0.1, 0.15) is 68.3 Å². The maximum atomic E-state index is 13.4. The second-order valence-electron chi connectivity index (χ2n) is 11.0. The van der Waals surface area contributed by atoms with Gasteiger partial charge < -0.3 is 20.2 Å². The lowest BCUT2D eigenvalue weighted by Crippen LogP contribution is -2.53. The number of aromatic hydroxyl groups is 1. The fourth-order valence-corrected chi connectivity index (χ4v) is 5.64. The number of rotatable bonds is 6. The molecular formula is C26H36N6O4. The highest BCUT2D eigenvalue weighted by atomic mass is 16.3. The van der Waals surface area contributed by atoms with E-state index in [1.807, 2.05) is 18.7 Å². The molecule has 10 heteroatoms. The molecule has 0 atom stereocenters. The summed E-state index contributed by atoms with van der Waals surface area (Å²) >= 11 is 0. The fourth-order valence-electron chi connectivity index (χ4n) is 5.64. The highest BCUT2D eigenvalue weighted by Crippen LogP contribution is 2.38. The van der Waals surface area contributed by atoms with E-state index in [1.165, 1.54) is 15.3 Å². The Morgan fingerprint density at radius 3 is 2.61 bits per heavy atom. The number of nitrogens with zero attached hydrogens (tertiary/aromatic N) is 5. The van der Waals surface area contributed by atoms with Gasteiger partial charge in [-0.3, -0.25) is 19.0 Å². The standard InChI is InChI=1S/C26H36N6O4/c1-17(2)16-30-23-18(5-8-20(33)31-12-4-9-26(31)10-13-29(3)14-11-26)15-27-32(23)25(36)21(24(30)35)22(34)28-19-6-7-19/h5,8,15,17,19,36H,4,6-7,9-14,16H2,1-3H3,(H,28,34). The first-order chi connectivity index (χ1) is 17.2. The molecule has 4 heterocycles. The van der Waals surface area contributed by atoms with E-state index in [0.29, 0.717) is 17.8 Å². The molecule has 1 spiro atoms. The van der Waals surface area contributed by atoms with Crippen LogP contribution in [-0.4, -0.2) is 79.2 Å². The molecule has 10 nitrogen and oxygen atoms in total.